The molecule has 0 aromatic heterocycles. The van der Waals surface area contributed by atoms with Crippen molar-refractivity contribution in [3.8, 4) is 0 Å². The predicted molar refractivity (Wildman–Crippen MR) is 109 cm³/mol. The summed E-state index contributed by atoms with van der Waals surface area (Å²) >= 11 is 0. The zero-order valence-corrected chi connectivity index (χ0v) is 16.8. The third-order valence-corrected chi connectivity index (χ3v) is 7.36. The van der Waals surface area contributed by atoms with E-state index in [2.05, 4.69) is 5.32 Å². The molecule has 4 nitrogen and oxygen atoms in total. The summed E-state index contributed by atoms with van der Waals surface area (Å²) in [5.74, 6) is 1.30. The maximum Gasteiger partial charge on any atom is 0.253 e. The van der Waals surface area contributed by atoms with Crippen molar-refractivity contribution in [1.29, 1.82) is 0 Å². The molecule has 1 saturated heterocycles. The van der Waals surface area contributed by atoms with Crippen molar-refractivity contribution in [3.05, 3.63) is 29.8 Å². The highest BCUT2D eigenvalue weighted by atomic mass is 33.1. The van der Waals surface area contributed by atoms with Gasteiger partial charge in [-0.25, -0.2) is 0 Å². The summed E-state index contributed by atoms with van der Waals surface area (Å²) in [6, 6.07) is 7.23. The number of nitrogens with zero attached hydrogens (tertiary/aromatic N) is 1. The molecule has 0 saturated carbocycles. The molecule has 1 N–H and O–H groups in total. The smallest absolute Gasteiger partial charge is 0.253 e. The Hall–Kier alpha value is -1.14. The number of hydrogen-bond donors (Lipinski definition) is 1. The number of carbonyl (C=O) groups is 2. The first kappa shape index (κ1) is 20.2. The van der Waals surface area contributed by atoms with Crippen LogP contribution >= 0.6 is 21.6 Å². The van der Waals surface area contributed by atoms with Crippen LogP contribution in [0.4, 0.5) is 5.69 Å². The molecule has 0 radical (unpaired) electrons. The number of nitrogens with one attached hydrogen (secondary N) is 1. The normalized spacial score (nSPS) is 16.6. The van der Waals surface area contributed by atoms with E-state index < -0.39 is 0 Å². The molecule has 1 fully saturated rings. The van der Waals surface area contributed by atoms with Crippen LogP contribution in [0.5, 0.6) is 0 Å². The fourth-order valence-corrected chi connectivity index (χ4v) is 5.90. The van der Waals surface area contributed by atoms with Crippen LogP contribution in [0.1, 0.15) is 56.3 Å². The maximum atomic E-state index is 12.4. The lowest BCUT2D eigenvalue weighted by molar-refractivity contribution is -0.116. The van der Waals surface area contributed by atoms with E-state index >= 15 is 0 Å². The largest absolute Gasteiger partial charge is 0.339 e. The highest BCUT2D eigenvalue weighted by Gasteiger charge is 2.16. The minimum Gasteiger partial charge on any atom is -0.339 e. The molecule has 2 amide bonds. The lowest BCUT2D eigenvalue weighted by Gasteiger charge is -2.19. The highest BCUT2D eigenvalue weighted by Crippen LogP contribution is 2.39. The molecular formula is C19H28N2O2S2. The second-order valence-electron chi connectivity index (χ2n) is 6.18. The number of unbranched alkanes of at least 4 members (excludes halogenated alkanes) is 1. The fourth-order valence-electron chi connectivity index (χ4n) is 2.87. The summed E-state index contributed by atoms with van der Waals surface area (Å²) in [7, 11) is 3.96. The monoisotopic (exact) mass is 380 g/mol. The lowest BCUT2D eigenvalue weighted by atomic mass is 10.1. The van der Waals surface area contributed by atoms with E-state index in [0.717, 1.165) is 18.1 Å². The first-order valence-electron chi connectivity index (χ1n) is 9.11. The zero-order chi connectivity index (χ0) is 18.1. The van der Waals surface area contributed by atoms with Gasteiger partial charge in [-0.2, -0.15) is 0 Å². The van der Waals surface area contributed by atoms with Crippen LogP contribution in [-0.2, 0) is 4.79 Å². The summed E-state index contributed by atoms with van der Waals surface area (Å²) in [5.41, 5.74) is 1.32. The van der Waals surface area contributed by atoms with Crippen LogP contribution in [0, 0.1) is 0 Å². The van der Waals surface area contributed by atoms with E-state index in [0.29, 0.717) is 30.8 Å². The van der Waals surface area contributed by atoms with Crippen LogP contribution in [0.3, 0.4) is 0 Å². The van der Waals surface area contributed by atoms with Crippen molar-refractivity contribution < 1.29 is 9.59 Å². The number of benzene rings is 1. The maximum absolute atomic E-state index is 12.4. The van der Waals surface area contributed by atoms with E-state index in [1.807, 2.05) is 47.6 Å². The average Bonchev–Trinajstić information content (AvgIpc) is 3.13. The molecule has 0 spiro atoms. The minimum absolute atomic E-state index is 0.00744. The van der Waals surface area contributed by atoms with Gasteiger partial charge >= 0.3 is 0 Å². The summed E-state index contributed by atoms with van der Waals surface area (Å²) in [6.45, 7) is 5.30. The molecule has 1 unspecified atom stereocenters. The van der Waals surface area contributed by atoms with Gasteiger partial charge in [0.05, 0.1) is 0 Å². The Bertz CT molecular complexity index is 570. The molecule has 0 bridgehead atoms. The lowest BCUT2D eigenvalue weighted by Crippen LogP contribution is -2.30. The molecule has 6 heteroatoms. The molecule has 1 aliphatic rings. The Labute approximate surface area is 158 Å². The first-order valence-corrected chi connectivity index (χ1v) is 11.5. The Morgan fingerprint density at radius 3 is 2.72 bits per heavy atom. The number of amides is 2. The summed E-state index contributed by atoms with van der Waals surface area (Å²) in [4.78, 5) is 26.3. The topological polar surface area (TPSA) is 49.4 Å². The van der Waals surface area contributed by atoms with Crippen molar-refractivity contribution in [3.63, 3.8) is 0 Å². The Morgan fingerprint density at radius 2 is 2.04 bits per heavy atom. The second kappa shape index (κ2) is 10.8. The molecule has 138 valence electrons. The second-order valence-corrected chi connectivity index (χ2v) is 8.97. The van der Waals surface area contributed by atoms with Crippen molar-refractivity contribution in [2.45, 2.75) is 51.2 Å². The molecule has 2 rings (SSSR count). The third-order valence-electron chi connectivity index (χ3n) is 4.35. The minimum atomic E-state index is 0.00744. The number of hydrogen-bond acceptors (Lipinski definition) is 4. The molecule has 1 aromatic carbocycles. The summed E-state index contributed by atoms with van der Waals surface area (Å²) in [6.07, 6.45) is 5.07. The number of carbonyl (C=O) groups excluding carboxylic acids is 2. The van der Waals surface area contributed by atoms with Crippen molar-refractivity contribution >= 4 is 39.1 Å². The van der Waals surface area contributed by atoms with Crippen molar-refractivity contribution in [2.75, 3.05) is 24.2 Å². The van der Waals surface area contributed by atoms with Gasteiger partial charge in [0.2, 0.25) is 5.91 Å². The zero-order valence-electron chi connectivity index (χ0n) is 15.1. The molecule has 1 aromatic rings. The van der Waals surface area contributed by atoms with Crippen molar-refractivity contribution in [1.82, 2.24) is 4.90 Å². The molecule has 1 heterocycles. The fraction of sp³-hybridized carbons (Fsp3) is 0.579. The van der Waals surface area contributed by atoms with Crippen LogP contribution in [0.2, 0.25) is 0 Å². The van der Waals surface area contributed by atoms with Crippen LogP contribution in [0.15, 0.2) is 24.3 Å². The quantitative estimate of drug-likeness (QED) is 0.493. The van der Waals surface area contributed by atoms with E-state index in [4.69, 9.17) is 0 Å². The third kappa shape index (κ3) is 6.59. The molecule has 0 aliphatic carbocycles. The molecule has 1 aliphatic heterocycles. The van der Waals surface area contributed by atoms with Gasteiger partial charge in [-0.1, -0.05) is 34.1 Å². The highest BCUT2D eigenvalue weighted by molar-refractivity contribution is 8.77. The summed E-state index contributed by atoms with van der Waals surface area (Å²) < 4.78 is 0. The van der Waals surface area contributed by atoms with Gasteiger partial charge in [-0.15, -0.1) is 0 Å². The summed E-state index contributed by atoms with van der Waals surface area (Å²) in [5, 5.41) is 3.70. The number of rotatable bonds is 9. The Balaban J connectivity index is 1.78. The van der Waals surface area contributed by atoms with E-state index in [1.54, 1.807) is 17.0 Å². The average molecular weight is 381 g/mol. The van der Waals surface area contributed by atoms with Gasteiger partial charge in [-0.05, 0) is 51.3 Å². The molecular weight excluding hydrogens is 352 g/mol. The van der Waals surface area contributed by atoms with Gasteiger partial charge in [0, 0.05) is 41.8 Å². The van der Waals surface area contributed by atoms with Gasteiger partial charge in [0.25, 0.3) is 5.91 Å². The Kier molecular flexibility index (Phi) is 8.68. The van der Waals surface area contributed by atoms with Crippen LogP contribution in [-0.4, -0.2) is 40.8 Å². The van der Waals surface area contributed by atoms with Gasteiger partial charge in [0.15, 0.2) is 0 Å². The SMILES string of the molecule is CCN(CC)C(=O)c1cccc(NC(=O)CCCCC2CCSS2)c1. The van der Waals surface area contributed by atoms with E-state index in [-0.39, 0.29) is 11.8 Å². The predicted octanol–water partition coefficient (Wildman–Crippen LogP) is 4.82. The number of anilines is 1. The van der Waals surface area contributed by atoms with E-state index in [9.17, 15) is 9.59 Å². The first-order chi connectivity index (χ1) is 12.1. The van der Waals surface area contributed by atoms with Gasteiger partial charge in [-0.3, -0.25) is 9.59 Å². The molecule has 25 heavy (non-hydrogen) atoms. The van der Waals surface area contributed by atoms with Gasteiger partial charge in [0.1, 0.15) is 0 Å². The van der Waals surface area contributed by atoms with Crippen LogP contribution < -0.4 is 5.32 Å². The van der Waals surface area contributed by atoms with Gasteiger partial charge < -0.3 is 10.2 Å². The Morgan fingerprint density at radius 1 is 1.24 bits per heavy atom. The van der Waals surface area contributed by atoms with Crippen molar-refractivity contribution in [2.24, 2.45) is 0 Å². The van der Waals surface area contributed by atoms with E-state index in [1.165, 1.54) is 18.6 Å². The standard InChI is InChI=1S/C19H28N2O2S2/c1-3-21(4-2)19(23)15-8-7-9-16(14-15)20-18(22)11-6-5-10-17-12-13-24-25-17/h7-9,14,17H,3-6,10-13H2,1-2H3,(H,20,22). The molecule has 1 atom stereocenters. The van der Waals surface area contributed by atoms with Crippen LogP contribution in [0.25, 0.3) is 0 Å².